The monoisotopic (exact) mass is 356 g/mol. The average Bonchev–Trinajstić information content (AvgIpc) is 2.27. The standard InChI is InChI=1S/C11H10Br2N4/c1-6-2-3-9(7(12)4-6)16-10-8(13)5-15-11(14)17-10/h2-5H,1H3,(H3,14,15,16,17). The lowest BCUT2D eigenvalue weighted by Crippen LogP contribution is -2.01. The third-order valence-electron chi connectivity index (χ3n) is 2.14. The number of anilines is 3. The first-order chi connectivity index (χ1) is 8.06. The highest BCUT2D eigenvalue weighted by molar-refractivity contribution is 9.11. The molecule has 3 N–H and O–H groups in total. The Morgan fingerprint density at radius 2 is 2.00 bits per heavy atom. The van der Waals surface area contributed by atoms with E-state index in [1.165, 1.54) is 5.56 Å². The molecule has 0 unspecified atom stereocenters. The largest absolute Gasteiger partial charge is 0.368 e. The van der Waals surface area contributed by atoms with Crippen LogP contribution in [-0.4, -0.2) is 9.97 Å². The van der Waals surface area contributed by atoms with Crippen LogP contribution in [0.4, 0.5) is 17.5 Å². The van der Waals surface area contributed by atoms with E-state index in [2.05, 4.69) is 47.1 Å². The number of nitrogens with zero attached hydrogens (tertiary/aromatic N) is 2. The lowest BCUT2D eigenvalue weighted by molar-refractivity contribution is 1.17. The van der Waals surface area contributed by atoms with Crippen LogP contribution in [0.3, 0.4) is 0 Å². The van der Waals surface area contributed by atoms with E-state index in [0.717, 1.165) is 14.6 Å². The minimum absolute atomic E-state index is 0.235. The Bertz CT molecular complexity index is 557. The Hall–Kier alpha value is -1.14. The number of rotatable bonds is 2. The molecule has 2 aromatic rings. The molecule has 0 aliphatic rings. The number of nitrogens with one attached hydrogen (secondary N) is 1. The van der Waals surface area contributed by atoms with E-state index in [0.29, 0.717) is 5.82 Å². The van der Waals surface area contributed by atoms with E-state index in [9.17, 15) is 0 Å². The van der Waals surface area contributed by atoms with E-state index in [1.54, 1.807) is 6.20 Å². The summed E-state index contributed by atoms with van der Waals surface area (Å²) < 4.78 is 1.74. The van der Waals surface area contributed by atoms with Crippen LogP contribution in [0.25, 0.3) is 0 Å². The van der Waals surface area contributed by atoms with Gasteiger partial charge in [-0.2, -0.15) is 4.98 Å². The molecule has 0 saturated carbocycles. The van der Waals surface area contributed by atoms with Crippen molar-refractivity contribution >= 4 is 49.3 Å². The molecule has 0 saturated heterocycles. The van der Waals surface area contributed by atoms with Crippen LogP contribution in [0, 0.1) is 6.92 Å². The molecule has 88 valence electrons. The van der Waals surface area contributed by atoms with E-state index in [-0.39, 0.29) is 5.95 Å². The SMILES string of the molecule is Cc1ccc(Nc2nc(N)ncc2Br)c(Br)c1. The summed E-state index contributed by atoms with van der Waals surface area (Å²) >= 11 is 6.86. The number of halogens is 2. The van der Waals surface area contributed by atoms with E-state index in [1.807, 2.05) is 25.1 Å². The highest BCUT2D eigenvalue weighted by atomic mass is 79.9. The van der Waals surface area contributed by atoms with E-state index < -0.39 is 0 Å². The number of benzene rings is 1. The van der Waals surface area contributed by atoms with Crippen molar-refractivity contribution in [2.75, 3.05) is 11.1 Å². The second-order valence-corrected chi connectivity index (χ2v) is 5.24. The second-order valence-electron chi connectivity index (χ2n) is 3.53. The first-order valence-electron chi connectivity index (χ1n) is 4.87. The summed E-state index contributed by atoms with van der Waals surface area (Å²) in [6, 6.07) is 6.02. The molecule has 6 heteroatoms. The second kappa shape index (κ2) is 5.01. The quantitative estimate of drug-likeness (QED) is 0.861. The van der Waals surface area contributed by atoms with Crippen LogP contribution < -0.4 is 11.1 Å². The average molecular weight is 358 g/mol. The van der Waals surface area contributed by atoms with Crippen LogP contribution in [0.1, 0.15) is 5.56 Å². The van der Waals surface area contributed by atoms with Gasteiger partial charge in [0.2, 0.25) is 5.95 Å². The van der Waals surface area contributed by atoms with Gasteiger partial charge in [-0.15, -0.1) is 0 Å². The van der Waals surface area contributed by atoms with Crippen LogP contribution >= 0.6 is 31.9 Å². The third kappa shape index (κ3) is 2.95. The fourth-order valence-corrected chi connectivity index (χ4v) is 2.20. The summed E-state index contributed by atoms with van der Waals surface area (Å²) in [5, 5.41) is 3.18. The molecule has 0 aliphatic heterocycles. The summed E-state index contributed by atoms with van der Waals surface area (Å²) in [4.78, 5) is 8.00. The molecule has 0 aliphatic carbocycles. The van der Waals surface area contributed by atoms with Crippen LogP contribution in [0.5, 0.6) is 0 Å². The lowest BCUT2D eigenvalue weighted by atomic mass is 10.2. The molecular formula is C11H10Br2N4. The Balaban J connectivity index is 2.34. The van der Waals surface area contributed by atoms with Crippen molar-refractivity contribution in [3.05, 3.63) is 38.9 Å². The first kappa shape index (κ1) is 12.3. The maximum atomic E-state index is 5.55. The van der Waals surface area contributed by atoms with Crippen molar-refractivity contribution < 1.29 is 0 Å². The number of aryl methyl sites for hydroxylation is 1. The van der Waals surface area contributed by atoms with Gasteiger partial charge in [0, 0.05) is 10.7 Å². The minimum atomic E-state index is 0.235. The fraction of sp³-hybridized carbons (Fsp3) is 0.0909. The van der Waals surface area contributed by atoms with Crippen molar-refractivity contribution in [1.29, 1.82) is 0 Å². The molecule has 0 amide bonds. The molecule has 1 aromatic carbocycles. The topological polar surface area (TPSA) is 63.8 Å². The minimum Gasteiger partial charge on any atom is -0.368 e. The maximum Gasteiger partial charge on any atom is 0.222 e. The molecule has 0 spiro atoms. The summed E-state index contributed by atoms with van der Waals surface area (Å²) in [5.41, 5.74) is 7.66. The molecule has 17 heavy (non-hydrogen) atoms. The highest BCUT2D eigenvalue weighted by Gasteiger charge is 2.06. The molecular weight excluding hydrogens is 348 g/mol. The summed E-state index contributed by atoms with van der Waals surface area (Å²) in [6.45, 7) is 2.03. The molecule has 4 nitrogen and oxygen atoms in total. The van der Waals surface area contributed by atoms with Gasteiger partial charge in [0.15, 0.2) is 0 Å². The van der Waals surface area contributed by atoms with Crippen molar-refractivity contribution in [3.63, 3.8) is 0 Å². The van der Waals surface area contributed by atoms with Gasteiger partial charge in [0.1, 0.15) is 5.82 Å². The zero-order valence-electron chi connectivity index (χ0n) is 9.04. The molecule has 2 rings (SSSR count). The molecule has 0 atom stereocenters. The van der Waals surface area contributed by atoms with Gasteiger partial charge < -0.3 is 11.1 Å². The Kier molecular flexibility index (Phi) is 3.63. The number of aromatic nitrogens is 2. The smallest absolute Gasteiger partial charge is 0.222 e. The predicted molar refractivity (Wildman–Crippen MR) is 76.3 cm³/mol. The van der Waals surface area contributed by atoms with Crippen molar-refractivity contribution in [3.8, 4) is 0 Å². The van der Waals surface area contributed by atoms with Gasteiger partial charge in [0.25, 0.3) is 0 Å². The molecule has 0 fully saturated rings. The van der Waals surface area contributed by atoms with Crippen LogP contribution in [0.2, 0.25) is 0 Å². The number of hydrogen-bond acceptors (Lipinski definition) is 4. The Labute approximate surface area is 116 Å². The van der Waals surface area contributed by atoms with Crippen molar-refractivity contribution in [1.82, 2.24) is 9.97 Å². The molecule has 0 radical (unpaired) electrons. The molecule has 1 aromatic heterocycles. The van der Waals surface area contributed by atoms with E-state index >= 15 is 0 Å². The van der Waals surface area contributed by atoms with E-state index in [4.69, 9.17) is 5.73 Å². The third-order valence-corrected chi connectivity index (χ3v) is 3.38. The Morgan fingerprint density at radius 3 is 2.71 bits per heavy atom. The van der Waals surface area contributed by atoms with Gasteiger partial charge in [-0.3, -0.25) is 0 Å². The lowest BCUT2D eigenvalue weighted by Gasteiger charge is -2.10. The summed E-state index contributed by atoms with van der Waals surface area (Å²) in [7, 11) is 0. The number of nitrogen functional groups attached to an aromatic ring is 1. The van der Waals surface area contributed by atoms with Gasteiger partial charge >= 0.3 is 0 Å². The van der Waals surface area contributed by atoms with Gasteiger partial charge in [-0.05, 0) is 56.5 Å². The van der Waals surface area contributed by atoms with Crippen molar-refractivity contribution in [2.45, 2.75) is 6.92 Å². The zero-order valence-corrected chi connectivity index (χ0v) is 12.2. The number of hydrogen-bond donors (Lipinski definition) is 2. The Morgan fingerprint density at radius 1 is 1.24 bits per heavy atom. The molecule has 0 bridgehead atoms. The van der Waals surface area contributed by atoms with Crippen LogP contribution in [0.15, 0.2) is 33.3 Å². The van der Waals surface area contributed by atoms with Crippen LogP contribution in [-0.2, 0) is 0 Å². The van der Waals surface area contributed by atoms with Gasteiger partial charge in [-0.1, -0.05) is 6.07 Å². The number of nitrogens with two attached hydrogens (primary N) is 1. The summed E-state index contributed by atoms with van der Waals surface area (Å²) in [5.74, 6) is 0.876. The zero-order chi connectivity index (χ0) is 12.4. The highest BCUT2D eigenvalue weighted by Crippen LogP contribution is 2.29. The van der Waals surface area contributed by atoms with Gasteiger partial charge in [-0.25, -0.2) is 4.98 Å². The first-order valence-corrected chi connectivity index (χ1v) is 6.46. The molecule has 1 heterocycles. The predicted octanol–water partition coefficient (Wildman–Crippen LogP) is 3.64. The summed E-state index contributed by atoms with van der Waals surface area (Å²) in [6.07, 6.45) is 1.62. The van der Waals surface area contributed by atoms with Crippen molar-refractivity contribution in [2.24, 2.45) is 0 Å². The maximum absolute atomic E-state index is 5.55. The normalized spacial score (nSPS) is 10.3. The fourth-order valence-electron chi connectivity index (χ4n) is 1.32. The van der Waals surface area contributed by atoms with Gasteiger partial charge in [0.05, 0.1) is 10.2 Å².